The quantitative estimate of drug-likeness (QED) is 0.169. The van der Waals surface area contributed by atoms with Crippen LogP contribution in [0, 0.1) is 19.9 Å². The van der Waals surface area contributed by atoms with Gasteiger partial charge in [0.15, 0.2) is 0 Å². The molecule has 0 atom stereocenters. The van der Waals surface area contributed by atoms with Crippen molar-refractivity contribution in [2.75, 3.05) is 0 Å². The maximum atomic E-state index is 12.5. The second-order valence-electron chi connectivity index (χ2n) is 24.4. The summed E-state index contributed by atoms with van der Waals surface area (Å²) in [6, 6.07) is 46.0. The smallest absolute Gasteiger partial charge is 0.148 e. The van der Waals surface area contributed by atoms with Gasteiger partial charge in [0.2, 0.25) is 0 Å². The van der Waals surface area contributed by atoms with E-state index in [0.717, 1.165) is 66.9 Å². The first-order chi connectivity index (χ1) is 31.6. The third-order valence-electron chi connectivity index (χ3n) is 13.6. The van der Waals surface area contributed by atoms with Crippen molar-refractivity contribution < 1.29 is 26.2 Å². The Kier molecular flexibility index (Phi) is 13.6. The number of hydrogen-bond acceptors (Lipinski definition) is 3. The second kappa shape index (κ2) is 18.3. The van der Waals surface area contributed by atoms with Crippen LogP contribution in [0.25, 0.3) is 72.7 Å². The summed E-state index contributed by atoms with van der Waals surface area (Å²) in [4.78, 5) is 10.6. The fraction of sp³-hybridized carbons (Fsp3) is 0.344. The molecule has 0 fully saturated rings. The molecule has 0 aliphatic heterocycles. The van der Waals surface area contributed by atoms with Gasteiger partial charge in [0.25, 0.3) is 0 Å². The number of aromatic hydroxyl groups is 1. The molecule has 5 heteroatoms. The number of aryl methyl sites for hydroxylation is 2. The molecule has 6 aromatic carbocycles. The Morgan fingerprint density at radius 1 is 0.493 bits per heavy atom. The molecule has 0 amide bonds. The van der Waals surface area contributed by atoms with E-state index in [1.807, 2.05) is 6.20 Å². The van der Waals surface area contributed by atoms with Gasteiger partial charge in [-0.1, -0.05) is 193 Å². The van der Waals surface area contributed by atoms with Crippen molar-refractivity contribution >= 4 is 11.0 Å². The molecule has 0 saturated heterocycles. The largest absolute Gasteiger partial charge is 0.507 e. The van der Waals surface area contributed by atoms with Crippen molar-refractivity contribution in [1.82, 2.24) is 14.5 Å². The Labute approximate surface area is 428 Å². The number of pyridine rings is 1. The molecule has 0 radical (unpaired) electrons. The molecular formula is C64H72N3OPt-. The zero-order valence-corrected chi connectivity index (χ0v) is 46.4. The van der Waals surface area contributed by atoms with Crippen molar-refractivity contribution in [2.45, 2.75) is 145 Å². The summed E-state index contributed by atoms with van der Waals surface area (Å²) < 4.78 is 2.28. The van der Waals surface area contributed by atoms with Gasteiger partial charge >= 0.3 is 0 Å². The Morgan fingerprint density at radius 2 is 1.04 bits per heavy atom. The minimum absolute atomic E-state index is 0. The van der Waals surface area contributed by atoms with Crippen molar-refractivity contribution in [3.63, 3.8) is 0 Å². The summed E-state index contributed by atoms with van der Waals surface area (Å²) in [7, 11) is 0. The van der Waals surface area contributed by atoms with Gasteiger partial charge < -0.3 is 5.11 Å². The van der Waals surface area contributed by atoms with E-state index in [4.69, 9.17) is 9.97 Å². The fourth-order valence-electron chi connectivity index (χ4n) is 9.09. The van der Waals surface area contributed by atoms with Crippen LogP contribution < -0.4 is 0 Å². The molecule has 0 unspecified atom stereocenters. The molecule has 8 rings (SSSR count). The van der Waals surface area contributed by atoms with Gasteiger partial charge in [0, 0.05) is 38.5 Å². The van der Waals surface area contributed by atoms with Gasteiger partial charge in [-0.2, -0.15) is 0 Å². The Balaban J connectivity index is 0.00000703. The van der Waals surface area contributed by atoms with E-state index < -0.39 is 0 Å². The van der Waals surface area contributed by atoms with Gasteiger partial charge in [-0.25, -0.2) is 4.98 Å². The predicted molar refractivity (Wildman–Crippen MR) is 290 cm³/mol. The van der Waals surface area contributed by atoms with Gasteiger partial charge in [0.1, 0.15) is 11.6 Å². The van der Waals surface area contributed by atoms with Gasteiger partial charge in [0.05, 0.1) is 22.3 Å². The number of nitrogens with zero attached hydrogens (tertiary/aromatic N) is 3. The summed E-state index contributed by atoms with van der Waals surface area (Å²) >= 11 is 0. The topological polar surface area (TPSA) is 50.9 Å². The van der Waals surface area contributed by atoms with Crippen LogP contribution in [0.1, 0.15) is 143 Å². The van der Waals surface area contributed by atoms with E-state index >= 15 is 0 Å². The first-order valence-electron chi connectivity index (χ1n) is 24.4. The summed E-state index contributed by atoms with van der Waals surface area (Å²) in [6.45, 7) is 38.1. The Bertz CT molecular complexity index is 3170. The molecule has 0 aliphatic carbocycles. The van der Waals surface area contributed by atoms with E-state index in [9.17, 15) is 5.11 Å². The second-order valence-corrected chi connectivity index (χ2v) is 24.4. The van der Waals surface area contributed by atoms with Crippen LogP contribution in [-0.2, 0) is 48.1 Å². The molecule has 4 nitrogen and oxygen atoms in total. The first kappa shape index (κ1) is 51.3. The number of para-hydroxylation sites is 1. The van der Waals surface area contributed by atoms with Crippen molar-refractivity contribution in [1.29, 1.82) is 0 Å². The summed E-state index contributed by atoms with van der Waals surface area (Å²) in [5, 5.41) is 12.5. The molecule has 0 spiro atoms. The average molecular weight is 1090 g/mol. The van der Waals surface area contributed by atoms with Gasteiger partial charge in [-0.05, 0) is 116 Å². The molecule has 0 aliphatic rings. The average Bonchev–Trinajstić information content (AvgIpc) is 3.64. The van der Waals surface area contributed by atoms with Gasteiger partial charge in [-0.15, -0.1) is 29.3 Å². The standard InChI is InChI=1S/C64H72N3O.Pt/c1-39-21-23-41(24-22-39)43-27-28-65-54(35-43)46-30-45(33-47(34-46)60(3,4)5)51-19-18-20-56-57(51)66-59(52-37-50(63(12,13)14)38-53(58(52)68)64(15,16)17)67(56)55-26-25-42(29-40(55)2)44-31-48(61(6,7)8)36-49(32-44)62(9,10)11;/h18-29,31-38,68H,1-17H3;/q-1;. The predicted octanol–water partition coefficient (Wildman–Crippen LogP) is 17.4. The Hall–Kier alpha value is -5.57. The molecule has 0 bridgehead atoms. The molecule has 8 aromatic rings. The van der Waals surface area contributed by atoms with E-state index in [1.54, 1.807) is 0 Å². The minimum Gasteiger partial charge on any atom is -0.507 e. The van der Waals surface area contributed by atoms with Crippen LogP contribution in [0.15, 0.2) is 121 Å². The number of imidazole rings is 1. The fourth-order valence-corrected chi connectivity index (χ4v) is 9.09. The third kappa shape index (κ3) is 10.5. The van der Waals surface area contributed by atoms with Gasteiger partial charge in [-0.3, -0.25) is 9.55 Å². The third-order valence-corrected chi connectivity index (χ3v) is 13.6. The molecule has 360 valence electrons. The van der Waals surface area contributed by atoms with Crippen LogP contribution in [-0.4, -0.2) is 19.6 Å². The Morgan fingerprint density at radius 3 is 1.62 bits per heavy atom. The molecule has 2 heterocycles. The molecular weight excluding hydrogens is 1020 g/mol. The van der Waals surface area contributed by atoms with Crippen LogP contribution in [0.5, 0.6) is 5.75 Å². The molecule has 2 aromatic heterocycles. The number of phenols is 1. The van der Waals surface area contributed by atoms with Crippen LogP contribution in [0.3, 0.4) is 0 Å². The molecule has 0 saturated carbocycles. The summed E-state index contributed by atoms with van der Waals surface area (Å²) in [5.41, 5.74) is 19.4. The van der Waals surface area contributed by atoms with Crippen molar-refractivity contribution in [3.8, 4) is 67.5 Å². The molecule has 69 heavy (non-hydrogen) atoms. The maximum absolute atomic E-state index is 12.5. The zero-order chi connectivity index (χ0) is 49.5. The number of phenolic OH excluding ortho intramolecular Hbond substituents is 1. The molecule has 1 N–H and O–H groups in total. The minimum atomic E-state index is -0.323. The number of rotatable bonds is 6. The summed E-state index contributed by atoms with van der Waals surface area (Å²) in [5.74, 6) is 0.955. The monoisotopic (exact) mass is 1090 g/mol. The maximum Gasteiger partial charge on any atom is 0.148 e. The summed E-state index contributed by atoms with van der Waals surface area (Å²) in [6.07, 6.45) is 1.90. The van der Waals surface area contributed by atoms with E-state index in [2.05, 4.69) is 244 Å². The number of aromatic nitrogens is 3. The first-order valence-corrected chi connectivity index (χ1v) is 24.4. The SMILES string of the molecule is Cc1ccc(-c2ccnc(-c3[c-]c(-c4cccc5c4nc(-c4cc(C(C)(C)C)cc(C(C)(C)C)c4O)n5-c4ccc(-c5cc(C(C)(C)C)cc(C(C)(C)C)c5)cc4C)cc(C(C)(C)C)c3)c2)cc1.[Pt]. The van der Waals surface area contributed by atoms with Crippen LogP contribution in [0.4, 0.5) is 0 Å². The van der Waals surface area contributed by atoms with Crippen LogP contribution in [0.2, 0.25) is 0 Å². The normalized spacial score (nSPS) is 12.7. The van der Waals surface area contributed by atoms with E-state index in [-0.39, 0.29) is 53.9 Å². The number of benzene rings is 6. The van der Waals surface area contributed by atoms with Crippen LogP contribution >= 0.6 is 0 Å². The van der Waals surface area contributed by atoms with Crippen molar-refractivity contribution in [2.24, 2.45) is 0 Å². The van der Waals surface area contributed by atoms with E-state index in [0.29, 0.717) is 11.4 Å². The number of fused-ring (bicyclic) bond motifs is 1. The van der Waals surface area contributed by atoms with E-state index in [1.165, 1.54) is 33.4 Å². The zero-order valence-electron chi connectivity index (χ0n) is 44.2. The van der Waals surface area contributed by atoms with Crippen molar-refractivity contribution in [3.05, 3.63) is 166 Å². The number of hydrogen-bond donors (Lipinski definition) is 1.